The lowest BCUT2D eigenvalue weighted by molar-refractivity contribution is 0.587. The van der Waals surface area contributed by atoms with Gasteiger partial charge in [0, 0.05) is 16.7 Å². The van der Waals surface area contributed by atoms with Gasteiger partial charge >= 0.3 is 0 Å². The highest BCUT2D eigenvalue weighted by Crippen LogP contribution is 2.23. The van der Waals surface area contributed by atoms with E-state index in [0.29, 0.717) is 11.8 Å². The van der Waals surface area contributed by atoms with E-state index in [0.717, 1.165) is 11.3 Å². The lowest BCUT2D eigenvalue weighted by atomic mass is 9.87. The lowest BCUT2D eigenvalue weighted by Crippen LogP contribution is -2.30. The van der Waals surface area contributed by atoms with Crippen LogP contribution in [0.25, 0.3) is 0 Å². The number of rotatable bonds is 5. The highest BCUT2D eigenvalue weighted by molar-refractivity contribution is 7.85. The molecule has 0 saturated heterocycles. The standard InChI is InChI=1S/C15H25NOS/c1-6-13(16-5)11-18(17)14-9-7-12(8-10-14)15(2,3)4/h7-10,13,16H,6,11H2,1-5H3. The summed E-state index contributed by atoms with van der Waals surface area (Å²) < 4.78 is 12.2. The van der Waals surface area contributed by atoms with Crippen LogP contribution in [-0.4, -0.2) is 23.1 Å². The Kier molecular flexibility index (Phi) is 5.54. The summed E-state index contributed by atoms with van der Waals surface area (Å²) in [4.78, 5) is 0.928. The zero-order chi connectivity index (χ0) is 13.8. The lowest BCUT2D eigenvalue weighted by Gasteiger charge is -2.19. The second-order valence-electron chi connectivity index (χ2n) is 5.68. The summed E-state index contributed by atoms with van der Waals surface area (Å²) in [5, 5.41) is 3.19. The summed E-state index contributed by atoms with van der Waals surface area (Å²) in [6.45, 7) is 8.67. The summed E-state index contributed by atoms with van der Waals surface area (Å²) >= 11 is 0. The summed E-state index contributed by atoms with van der Waals surface area (Å²) in [5.41, 5.74) is 1.43. The zero-order valence-electron chi connectivity index (χ0n) is 12.1. The molecule has 102 valence electrons. The summed E-state index contributed by atoms with van der Waals surface area (Å²) in [6.07, 6.45) is 1.00. The highest BCUT2D eigenvalue weighted by atomic mass is 32.2. The van der Waals surface area contributed by atoms with E-state index in [2.05, 4.69) is 45.1 Å². The molecule has 1 rings (SSSR count). The van der Waals surface area contributed by atoms with Gasteiger partial charge in [0.15, 0.2) is 0 Å². The molecule has 0 spiro atoms. The number of nitrogens with one attached hydrogen (secondary N) is 1. The molecule has 0 bridgehead atoms. The van der Waals surface area contributed by atoms with E-state index in [1.54, 1.807) is 0 Å². The Bertz CT molecular complexity index is 388. The van der Waals surface area contributed by atoms with E-state index >= 15 is 0 Å². The second kappa shape index (κ2) is 6.48. The summed E-state index contributed by atoms with van der Waals surface area (Å²) in [5.74, 6) is 0.682. The average molecular weight is 267 g/mol. The molecule has 0 radical (unpaired) electrons. The van der Waals surface area contributed by atoms with Gasteiger partial charge in [-0.25, -0.2) is 0 Å². The van der Waals surface area contributed by atoms with Gasteiger partial charge in [-0.15, -0.1) is 0 Å². The van der Waals surface area contributed by atoms with E-state index in [4.69, 9.17) is 0 Å². The summed E-state index contributed by atoms with van der Waals surface area (Å²) in [7, 11) is 1.01. The van der Waals surface area contributed by atoms with Gasteiger partial charge in [0.05, 0.1) is 10.8 Å². The van der Waals surface area contributed by atoms with Crippen LogP contribution in [0.2, 0.25) is 0 Å². The van der Waals surface area contributed by atoms with Crippen LogP contribution in [0.4, 0.5) is 0 Å². The Hall–Kier alpha value is -0.670. The third kappa shape index (κ3) is 4.21. The van der Waals surface area contributed by atoms with Crippen molar-refractivity contribution in [2.24, 2.45) is 0 Å². The van der Waals surface area contributed by atoms with Crippen LogP contribution in [0.5, 0.6) is 0 Å². The molecule has 0 saturated carbocycles. The molecular formula is C15H25NOS. The van der Waals surface area contributed by atoms with Crippen molar-refractivity contribution < 1.29 is 4.21 Å². The molecule has 2 unspecified atom stereocenters. The van der Waals surface area contributed by atoms with Crippen molar-refractivity contribution >= 4 is 10.8 Å². The molecule has 2 nitrogen and oxygen atoms in total. The third-order valence-electron chi connectivity index (χ3n) is 3.24. The third-order valence-corrected chi connectivity index (χ3v) is 4.74. The molecular weight excluding hydrogens is 242 g/mol. The van der Waals surface area contributed by atoms with Crippen LogP contribution < -0.4 is 5.32 Å². The summed E-state index contributed by atoms with van der Waals surface area (Å²) in [6, 6.07) is 8.51. The molecule has 0 aliphatic rings. The van der Waals surface area contributed by atoms with Crippen molar-refractivity contribution in [1.29, 1.82) is 0 Å². The van der Waals surface area contributed by atoms with Crippen molar-refractivity contribution in [3.05, 3.63) is 29.8 Å². The molecule has 0 aliphatic heterocycles. The maximum Gasteiger partial charge on any atom is 0.0545 e. The van der Waals surface area contributed by atoms with Gasteiger partial charge in [-0.3, -0.25) is 4.21 Å². The predicted octanol–water partition coefficient (Wildman–Crippen LogP) is 3.09. The van der Waals surface area contributed by atoms with Crippen molar-refractivity contribution in [3.63, 3.8) is 0 Å². The fourth-order valence-corrected chi connectivity index (χ4v) is 3.19. The molecule has 1 aromatic rings. The maximum absolute atomic E-state index is 12.2. The van der Waals surface area contributed by atoms with Gasteiger partial charge in [-0.1, -0.05) is 39.8 Å². The van der Waals surface area contributed by atoms with Crippen LogP contribution in [0.15, 0.2) is 29.2 Å². The Morgan fingerprint density at radius 2 is 1.78 bits per heavy atom. The molecule has 3 heteroatoms. The SMILES string of the molecule is CCC(CS(=O)c1ccc(C(C)(C)C)cc1)NC. The first kappa shape index (κ1) is 15.4. The number of hydrogen-bond donors (Lipinski definition) is 1. The minimum Gasteiger partial charge on any atom is -0.316 e. The van der Waals surface area contributed by atoms with E-state index in [1.165, 1.54) is 5.56 Å². The van der Waals surface area contributed by atoms with Crippen molar-refractivity contribution in [1.82, 2.24) is 5.32 Å². The minimum absolute atomic E-state index is 0.150. The predicted molar refractivity (Wildman–Crippen MR) is 79.6 cm³/mol. The largest absolute Gasteiger partial charge is 0.316 e. The Morgan fingerprint density at radius 3 is 2.17 bits per heavy atom. The second-order valence-corrected chi connectivity index (χ2v) is 7.18. The first-order valence-corrected chi connectivity index (χ1v) is 7.86. The Labute approximate surface area is 114 Å². The fraction of sp³-hybridized carbons (Fsp3) is 0.600. The van der Waals surface area contributed by atoms with Crippen molar-refractivity contribution in [2.45, 2.75) is 50.5 Å². The quantitative estimate of drug-likeness (QED) is 0.888. The first-order chi connectivity index (χ1) is 8.38. The monoisotopic (exact) mass is 267 g/mol. The maximum atomic E-state index is 12.2. The highest BCUT2D eigenvalue weighted by Gasteiger charge is 2.15. The smallest absolute Gasteiger partial charge is 0.0545 e. The van der Waals surface area contributed by atoms with E-state index < -0.39 is 10.8 Å². The molecule has 2 atom stereocenters. The van der Waals surface area contributed by atoms with Crippen LogP contribution >= 0.6 is 0 Å². The molecule has 18 heavy (non-hydrogen) atoms. The topological polar surface area (TPSA) is 29.1 Å². The average Bonchev–Trinajstić information content (AvgIpc) is 2.34. The van der Waals surface area contributed by atoms with Crippen LogP contribution in [0.1, 0.15) is 39.7 Å². The van der Waals surface area contributed by atoms with Crippen LogP contribution in [-0.2, 0) is 16.2 Å². The van der Waals surface area contributed by atoms with Gasteiger partial charge in [-0.05, 0) is 36.6 Å². The van der Waals surface area contributed by atoms with Crippen LogP contribution in [0.3, 0.4) is 0 Å². The molecule has 0 aromatic heterocycles. The Balaban J connectivity index is 2.76. The van der Waals surface area contributed by atoms with E-state index in [-0.39, 0.29) is 5.41 Å². The van der Waals surface area contributed by atoms with Gasteiger partial charge in [-0.2, -0.15) is 0 Å². The van der Waals surface area contributed by atoms with Crippen molar-refractivity contribution in [2.75, 3.05) is 12.8 Å². The van der Waals surface area contributed by atoms with Crippen molar-refractivity contribution in [3.8, 4) is 0 Å². The molecule has 0 heterocycles. The number of benzene rings is 1. The Morgan fingerprint density at radius 1 is 1.22 bits per heavy atom. The molecule has 1 aromatic carbocycles. The van der Waals surface area contributed by atoms with E-state index in [9.17, 15) is 4.21 Å². The molecule has 0 aliphatic carbocycles. The van der Waals surface area contributed by atoms with Gasteiger partial charge in [0.25, 0.3) is 0 Å². The first-order valence-electron chi connectivity index (χ1n) is 6.54. The number of hydrogen-bond acceptors (Lipinski definition) is 2. The van der Waals surface area contributed by atoms with Gasteiger partial charge in [0.2, 0.25) is 0 Å². The van der Waals surface area contributed by atoms with E-state index in [1.807, 2.05) is 19.2 Å². The van der Waals surface area contributed by atoms with Gasteiger partial charge in [0.1, 0.15) is 0 Å². The normalized spacial score (nSPS) is 15.4. The molecule has 0 amide bonds. The molecule has 1 N–H and O–H groups in total. The van der Waals surface area contributed by atoms with Crippen LogP contribution in [0, 0.1) is 0 Å². The van der Waals surface area contributed by atoms with Gasteiger partial charge < -0.3 is 5.32 Å². The minimum atomic E-state index is -0.911. The zero-order valence-corrected chi connectivity index (χ0v) is 12.9. The molecule has 0 fully saturated rings. The fourth-order valence-electron chi connectivity index (χ4n) is 1.79.